The fraction of sp³-hybridized carbons (Fsp3) is 0.435. The molecule has 2 aromatic rings. The molecule has 0 saturated carbocycles. The summed E-state index contributed by atoms with van der Waals surface area (Å²) < 4.78 is 33.7. The summed E-state index contributed by atoms with van der Waals surface area (Å²) in [6.45, 7) is 6.87. The highest BCUT2D eigenvalue weighted by atomic mass is 79.9. The van der Waals surface area contributed by atoms with E-state index in [9.17, 15) is 13.2 Å². The van der Waals surface area contributed by atoms with Crippen LogP contribution < -0.4 is 10.1 Å². The van der Waals surface area contributed by atoms with Crippen molar-refractivity contribution in [3.8, 4) is 5.75 Å². The average Bonchev–Trinajstić information content (AvgIpc) is 3.29. The van der Waals surface area contributed by atoms with E-state index in [0.717, 1.165) is 47.0 Å². The Morgan fingerprint density at radius 3 is 2.26 bits per heavy atom. The van der Waals surface area contributed by atoms with Gasteiger partial charge >= 0.3 is 0 Å². The lowest BCUT2D eigenvalue weighted by molar-refractivity contribution is -0.118. The number of aryl methyl sites for hydroxylation is 3. The van der Waals surface area contributed by atoms with E-state index >= 15 is 0 Å². The summed E-state index contributed by atoms with van der Waals surface area (Å²) >= 11 is 3.52. The molecule has 0 radical (unpaired) electrons. The van der Waals surface area contributed by atoms with Crippen molar-refractivity contribution < 1.29 is 17.9 Å². The van der Waals surface area contributed by atoms with Gasteiger partial charge in [-0.15, -0.1) is 0 Å². The third-order valence-electron chi connectivity index (χ3n) is 5.50. The third kappa shape index (κ3) is 5.48. The van der Waals surface area contributed by atoms with Crippen molar-refractivity contribution in [1.29, 1.82) is 0 Å². The van der Waals surface area contributed by atoms with Gasteiger partial charge in [0.05, 0.1) is 4.90 Å². The highest BCUT2D eigenvalue weighted by Crippen LogP contribution is 2.28. The monoisotopic (exact) mass is 508 g/mol. The van der Waals surface area contributed by atoms with Gasteiger partial charge in [-0.25, -0.2) is 8.42 Å². The highest BCUT2D eigenvalue weighted by Gasteiger charge is 2.27. The molecular weight excluding hydrogens is 480 g/mol. The first-order valence-corrected chi connectivity index (χ1v) is 12.8. The van der Waals surface area contributed by atoms with E-state index in [1.807, 2.05) is 12.1 Å². The number of hydrogen-bond donors (Lipinski definition) is 1. The van der Waals surface area contributed by atoms with Crippen LogP contribution in [0.1, 0.15) is 43.4 Å². The van der Waals surface area contributed by atoms with Crippen LogP contribution in [-0.4, -0.2) is 38.3 Å². The molecule has 0 spiro atoms. The third-order valence-corrected chi connectivity index (χ3v) is 7.85. The van der Waals surface area contributed by atoms with Gasteiger partial charge in [0.25, 0.3) is 5.91 Å². The number of nitrogens with zero attached hydrogens (tertiary/aromatic N) is 1. The molecule has 0 atom stereocenters. The molecule has 31 heavy (non-hydrogen) atoms. The topological polar surface area (TPSA) is 75.7 Å². The zero-order chi connectivity index (χ0) is 22.6. The van der Waals surface area contributed by atoms with Crippen LogP contribution in [0.25, 0.3) is 0 Å². The van der Waals surface area contributed by atoms with E-state index in [4.69, 9.17) is 4.74 Å². The van der Waals surface area contributed by atoms with E-state index in [0.29, 0.717) is 24.4 Å². The Balaban J connectivity index is 1.69. The fourth-order valence-electron chi connectivity index (χ4n) is 3.78. The number of halogens is 1. The van der Waals surface area contributed by atoms with Crippen LogP contribution in [0.5, 0.6) is 5.75 Å². The molecule has 3 rings (SSSR count). The Labute approximate surface area is 193 Å². The molecule has 0 unspecified atom stereocenters. The number of sulfonamides is 1. The standard InChI is InChI=1S/C23H29BrN2O4S/c1-4-17-13-19(24)14-18(5-2)23(17)25-22(27)15-30-21-9-8-20(12-16(21)3)31(28,29)26-10-6-7-11-26/h8-9,12-14H,4-7,10-11,15H2,1-3H3,(H,25,27). The largest absolute Gasteiger partial charge is 0.483 e. The van der Waals surface area contributed by atoms with Crippen molar-refractivity contribution in [2.45, 2.75) is 51.3 Å². The van der Waals surface area contributed by atoms with E-state index in [1.54, 1.807) is 25.1 Å². The molecule has 0 bridgehead atoms. The summed E-state index contributed by atoms with van der Waals surface area (Å²) in [5.41, 5.74) is 3.64. The van der Waals surface area contributed by atoms with Crippen LogP contribution in [0.15, 0.2) is 39.7 Å². The lowest BCUT2D eigenvalue weighted by atomic mass is 10.0. The van der Waals surface area contributed by atoms with Crippen LogP contribution in [-0.2, 0) is 27.7 Å². The molecule has 1 aliphatic rings. The van der Waals surface area contributed by atoms with Crippen molar-refractivity contribution in [2.24, 2.45) is 0 Å². The summed E-state index contributed by atoms with van der Waals surface area (Å²) in [5, 5.41) is 2.98. The number of ether oxygens (including phenoxy) is 1. The minimum atomic E-state index is -3.47. The Morgan fingerprint density at radius 2 is 1.71 bits per heavy atom. The normalized spacial score (nSPS) is 14.6. The lowest BCUT2D eigenvalue weighted by Crippen LogP contribution is -2.28. The maximum atomic E-state index is 12.7. The SMILES string of the molecule is CCc1cc(Br)cc(CC)c1NC(=O)COc1ccc(S(=O)(=O)N2CCCC2)cc1C. The average molecular weight is 509 g/mol. The van der Waals surface area contributed by atoms with Crippen LogP contribution in [0.3, 0.4) is 0 Å². The summed E-state index contributed by atoms with van der Waals surface area (Å²) in [5.74, 6) is 0.248. The van der Waals surface area contributed by atoms with Crippen LogP contribution in [0.2, 0.25) is 0 Å². The van der Waals surface area contributed by atoms with Gasteiger partial charge in [-0.1, -0.05) is 29.8 Å². The molecule has 8 heteroatoms. The molecule has 6 nitrogen and oxygen atoms in total. The number of nitrogens with one attached hydrogen (secondary N) is 1. The smallest absolute Gasteiger partial charge is 0.262 e. The Bertz CT molecular complexity index is 1040. The summed E-state index contributed by atoms with van der Waals surface area (Å²) in [4.78, 5) is 12.8. The maximum absolute atomic E-state index is 12.7. The number of amides is 1. The molecular formula is C23H29BrN2O4S. The number of anilines is 1. The van der Waals surface area contributed by atoms with Crippen LogP contribution in [0.4, 0.5) is 5.69 Å². The Kier molecular flexibility index (Phi) is 7.78. The van der Waals surface area contributed by atoms with Gasteiger partial charge in [0.15, 0.2) is 6.61 Å². The van der Waals surface area contributed by atoms with Crippen molar-refractivity contribution in [2.75, 3.05) is 25.0 Å². The van der Waals surface area contributed by atoms with E-state index in [-0.39, 0.29) is 17.4 Å². The number of carbonyl (C=O) groups is 1. The van der Waals surface area contributed by atoms with Gasteiger partial charge in [-0.05, 0) is 79.6 Å². The van der Waals surface area contributed by atoms with Gasteiger partial charge in [0.2, 0.25) is 10.0 Å². The molecule has 1 heterocycles. The summed E-state index contributed by atoms with van der Waals surface area (Å²) in [6.07, 6.45) is 3.39. The zero-order valence-electron chi connectivity index (χ0n) is 18.2. The van der Waals surface area contributed by atoms with Crippen molar-refractivity contribution in [1.82, 2.24) is 4.31 Å². The van der Waals surface area contributed by atoms with Crippen LogP contribution >= 0.6 is 15.9 Å². The van der Waals surface area contributed by atoms with Crippen molar-refractivity contribution in [3.05, 3.63) is 51.5 Å². The van der Waals surface area contributed by atoms with Gasteiger partial charge in [0, 0.05) is 23.2 Å². The van der Waals surface area contributed by atoms with Crippen molar-refractivity contribution in [3.63, 3.8) is 0 Å². The van der Waals surface area contributed by atoms with E-state index in [2.05, 4.69) is 35.1 Å². The van der Waals surface area contributed by atoms with E-state index in [1.165, 1.54) is 4.31 Å². The molecule has 168 valence electrons. The van der Waals surface area contributed by atoms with Gasteiger partial charge in [-0.3, -0.25) is 4.79 Å². The molecule has 0 aromatic heterocycles. The molecule has 0 aliphatic carbocycles. The van der Waals surface area contributed by atoms with Gasteiger partial charge in [0.1, 0.15) is 5.75 Å². The summed E-state index contributed by atoms with van der Waals surface area (Å²) in [6, 6.07) is 8.81. The second kappa shape index (κ2) is 10.1. The summed E-state index contributed by atoms with van der Waals surface area (Å²) in [7, 11) is -3.47. The number of rotatable bonds is 8. The predicted octanol–water partition coefficient (Wildman–Crippen LogP) is 4.68. The molecule has 1 N–H and O–H groups in total. The first kappa shape index (κ1) is 23.8. The second-order valence-corrected chi connectivity index (χ2v) is 10.5. The minimum Gasteiger partial charge on any atom is -0.483 e. The number of hydrogen-bond acceptors (Lipinski definition) is 4. The molecule has 1 fully saturated rings. The van der Waals surface area contributed by atoms with Crippen LogP contribution in [0, 0.1) is 6.92 Å². The Morgan fingerprint density at radius 1 is 1.10 bits per heavy atom. The fourth-order valence-corrected chi connectivity index (χ4v) is 5.94. The highest BCUT2D eigenvalue weighted by molar-refractivity contribution is 9.10. The molecule has 1 aliphatic heterocycles. The van der Waals surface area contributed by atoms with Gasteiger partial charge < -0.3 is 10.1 Å². The van der Waals surface area contributed by atoms with Gasteiger partial charge in [-0.2, -0.15) is 4.31 Å². The maximum Gasteiger partial charge on any atom is 0.262 e. The molecule has 1 saturated heterocycles. The van der Waals surface area contributed by atoms with E-state index < -0.39 is 10.0 Å². The first-order chi connectivity index (χ1) is 14.8. The first-order valence-electron chi connectivity index (χ1n) is 10.6. The number of carbonyl (C=O) groups excluding carboxylic acids is 1. The quantitative estimate of drug-likeness (QED) is 0.561. The zero-order valence-corrected chi connectivity index (χ0v) is 20.6. The predicted molar refractivity (Wildman–Crippen MR) is 126 cm³/mol. The Hall–Kier alpha value is -1.90. The minimum absolute atomic E-state index is 0.151. The lowest BCUT2D eigenvalue weighted by Gasteiger charge is -2.17. The molecule has 1 amide bonds. The second-order valence-electron chi connectivity index (χ2n) is 7.68. The molecule has 2 aromatic carbocycles. The number of benzene rings is 2. The van der Waals surface area contributed by atoms with Crippen molar-refractivity contribution >= 4 is 37.5 Å².